The maximum Gasteiger partial charge on any atom is 0.217 e. The van der Waals surface area contributed by atoms with Crippen LogP contribution in [0.15, 0.2) is 53.5 Å². The van der Waals surface area contributed by atoms with E-state index in [9.17, 15) is 4.79 Å². The van der Waals surface area contributed by atoms with Gasteiger partial charge < -0.3 is 25.4 Å². The predicted octanol–water partition coefficient (Wildman–Crippen LogP) is 3.33. The SMILES string of the molecule is CCNC(=NCc1ccc(OCc2ccccc2)c(OC)c1)N1CCCC(CC(N)=O)C1. The summed E-state index contributed by atoms with van der Waals surface area (Å²) in [7, 11) is 1.65. The smallest absolute Gasteiger partial charge is 0.217 e. The molecule has 1 saturated heterocycles. The zero-order chi connectivity index (χ0) is 22.8. The van der Waals surface area contributed by atoms with Crippen molar-refractivity contribution in [3.63, 3.8) is 0 Å². The largest absolute Gasteiger partial charge is 0.493 e. The summed E-state index contributed by atoms with van der Waals surface area (Å²) >= 11 is 0. The van der Waals surface area contributed by atoms with Gasteiger partial charge in [-0.1, -0.05) is 36.4 Å². The Balaban J connectivity index is 1.66. The van der Waals surface area contributed by atoms with E-state index in [1.54, 1.807) is 7.11 Å². The number of rotatable bonds is 9. The molecule has 1 fully saturated rings. The van der Waals surface area contributed by atoms with E-state index in [4.69, 9.17) is 20.2 Å². The van der Waals surface area contributed by atoms with Crippen LogP contribution in [0, 0.1) is 5.92 Å². The Morgan fingerprint density at radius 1 is 1.19 bits per heavy atom. The topological polar surface area (TPSA) is 89.2 Å². The maximum atomic E-state index is 11.3. The molecular formula is C25H34N4O3. The Morgan fingerprint density at radius 2 is 2.00 bits per heavy atom. The number of hydrogen-bond donors (Lipinski definition) is 2. The van der Waals surface area contributed by atoms with E-state index in [1.165, 1.54) is 0 Å². The third-order valence-electron chi connectivity index (χ3n) is 5.52. The molecule has 172 valence electrons. The van der Waals surface area contributed by atoms with Gasteiger partial charge in [0.2, 0.25) is 5.91 Å². The lowest BCUT2D eigenvalue weighted by molar-refractivity contribution is -0.119. The number of piperidine rings is 1. The third kappa shape index (κ3) is 6.90. The normalized spacial score (nSPS) is 16.5. The molecule has 1 heterocycles. The second-order valence-electron chi connectivity index (χ2n) is 8.05. The fourth-order valence-corrected chi connectivity index (χ4v) is 3.97. The summed E-state index contributed by atoms with van der Waals surface area (Å²) in [6.07, 6.45) is 2.49. The van der Waals surface area contributed by atoms with Crippen LogP contribution in [0.1, 0.15) is 37.3 Å². The van der Waals surface area contributed by atoms with E-state index in [1.807, 2.05) is 48.5 Å². The van der Waals surface area contributed by atoms with Crippen molar-refractivity contribution in [2.75, 3.05) is 26.7 Å². The molecule has 7 nitrogen and oxygen atoms in total. The zero-order valence-corrected chi connectivity index (χ0v) is 19.0. The number of aliphatic imine (C=N–C) groups is 1. The molecule has 3 N–H and O–H groups in total. The van der Waals surface area contributed by atoms with Crippen molar-refractivity contribution in [1.29, 1.82) is 0 Å². The monoisotopic (exact) mass is 438 g/mol. The summed E-state index contributed by atoms with van der Waals surface area (Å²) in [5.41, 5.74) is 7.55. The summed E-state index contributed by atoms with van der Waals surface area (Å²) < 4.78 is 11.5. The minimum atomic E-state index is -0.236. The summed E-state index contributed by atoms with van der Waals surface area (Å²) in [5.74, 6) is 2.32. The molecule has 0 aliphatic carbocycles. The molecule has 0 aromatic heterocycles. The molecule has 1 atom stereocenters. The Morgan fingerprint density at radius 3 is 2.72 bits per heavy atom. The van der Waals surface area contributed by atoms with Gasteiger partial charge in [-0.15, -0.1) is 0 Å². The Bertz CT molecular complexity index is 901. The van der Waals surface area contributed by atoms with E-state index >= 15 is 0 Å². The lowest BCUT2D eigenvalue weighted by Crippen LogP contribution is -2.47. The highest BCUT2D eigenvalue weighted by molar-refractivity contribution is 5.80. The van der Waals surface area contributed by atoms with Crippen LogP contribution in [0.25, 0.3) is 0 Å². The van der Waals surface area contributed by atoms with Crippen molar-refractivity contribution < 1.29 is 14.3 Å². The van der Waals surface area contributed by atoms with Crippen molar-refractivity contribution in [3.05, 3.63) is 59.7 Å². The quantitative estimate of drug-likeness (QED) is 0.463. The minimum Gasteiger partial charge on any atom is -0.493 e. The first kappa shape index (κ1) is 23.4. The average Bonchev–Trinajstić information content (AvgIpc) is 2.81. The molecule has 0 saturated carbocycles. The van der Waals surface area contributed by atoms with Crippen LogP contribution in [0.4, 0.5) is 0 Å². The number of amides is 1. The molecule has 1 unspecified atom stereocenters. The van der Waals surface area contributed by atoms with Crippen molar-refractivity contribution in [2.45, 2.75) is 39.3 Å². The molecular weight excluding hydrogens is 404 g/mol. The number of carbonyl (C=O) groups is 1. The number of methoxy groups -OCH3 is 1. The predicted molar refractivity (Wildman–Crippen MR) is 127 cm³/mol. The van der Waals surface area contributed by atoms with E-state index < -0.39 is 0 Å². The molecule has 1 aliphatic rings. The molecule has 7 heteroatoms. The summed E-state index contributed by atoms with van der Waals surface area (Å²) in [4.78, 5) is 18.4. The van der Waals surface area contributed by atoms with Crippen LogP contribution < -0.4 is 20.5 Å². The summed E-state index contributed by atoms with van der Waals surface area (Å²) in [6.45, 7) is 5.57. The second-order valence-corrected chi connectivity index (χ2v) is 8.05. The molecule has 1 amide bonds. The van der Waals surface area contributed by atoms with E-state index in [0.29, 0.717) is 31.1 Å². The molecule has 3 rings (SSSR count). The number of guanidine groups is 1. The van der Waals surface area contributed by atoms with Crippen molar-refractivity contribution >= 4 is 11.9 Å². The lowest BCUT2D eigenvalue weighted by Gasteiger charge is -2.34. The number of primary amides is 1. The van der Waals surface area contributed by atoms with Gasteiger partial charge >= 0.3 is 0 Å². The highest BCUT2D eigenvalue weighted by Gasteiger charge is 2.23. The van der Waals surface area contributed by atoms with Gasteiger partial charge in [0.25, 0.3) is 0 Å². The number of likely N-dealkylation sites (tertiary alicyclic amines) is 1. The molecule has 1 aliphatic heterocycles. The van der Waals surface area contributed by atoms with Gasteiger partial charge in [0.05, 0.1) is 13.7 Å². The van der Waals surface area contributed by atoms with Crippen LogP contribution >= 0.6 is 0 Å². The first-order valence-corrected chi connectivity index (χ1v) is 11.2. The molecule has 0 spiro atoms. The number of nitrogens with zero attached hydrogens (tertiary/aromatic N) is 2. The van der Waals surface area contributed by atoms with Crippen molar-refractivity contribution in [2.24, 2.45) is 16.6 Å². The summed E-state index contributed by atoms with van der Waals surface area (Å²) in [6, 6.07) is 16.0. The van der Waals surface area contributed by atoms with Gasteiger partial charge in [-0.3, -0.25) is 4.79 Å². The van der Waals surface area contributed by atoms with Gasteiger partial charge in [0.1, 0.15) is 6.61 Å². The molecule has 2 aromatic rings. The van der Waals surface area contributed by atoms with Gasteiger partial charge in [0, 0.05) is 26.1 Å². The Kier molecular flexibility index (Phi) is 8.78. The number of ether oxygens (including phenoxy) is 2. The van der Waals surface area contributed by atoms with Crippen LogP contribution in [0.2, 0.25) is 0 Å². The number of nitrogens with two attached hydrogens (primary N) is 1. The molecule has 0 radical (unpaired) electrons. The number of benzene rings is 2. The first-order valence-electron chi connectivity index (χ1n) is 11.2. The average molecular weight is 439 g/mol. The number of nitrogens with one attached hydrogen (secondary N) is 1. The minimum absolute atomic E-state index is 0.236. The fourth-order valence-electron chi connectivity index (χ4n) is 3.97. The van der Waals surface area contributed by atoms with Crippen LogP contribution in [0.3, 0.4) is 0 Å². The van der Waals surface area contributed by atoms with E-state index in [-0.39, 0.29) is 11.8 Å². The van der Waals surface area contributed by atoms with Crippen LogP contribution in [0.5, 0.6) is 11.5 Å². The van der Waals surface area contributed by atoms with Gasteiger partial charge in [-0.05, 0) is 48.9 Å². The van der Waals surface area contributed by atoms with Crippen molar-refractivity contribution in [1.82, 2.24) is 10.2 Å². The van der Waals surface area contributed by atoms with E-state index in [0.717, 1.165) is 49.6 Å². The number of hydrogen-bond acceptors (Lipinski definition) is 4. The maximum absolute atomic E-state index is 11.3. The highest BCUT2D eigenvalue weighted by Crippen LogP contribution is 2.29. The summed E-state index contributed by atoms with van der Waals surface area (Å²) in [5, 5.41) is 3.38. The first-order chi connectivity index (χ1) is 15.6. The fraction of sp³-hybridized carbons (Fsp3) is 0.440. The van der Waals surface area contributed by atoms with E-state index in [2.05, 4.69) is 17.1 Å². The third-order valence-corrected chi connectivity index (χ3v) is 5.52. The van der Waals surface area contributed by atoms with Crippen LogP contribution in [-0.2, 0) is 17.9 Å². The molecule has 0 bridgehead atoms. The van der Waals surface area contributed by atoms with Gasteiger partial charge in [-0.2, -0.15) is 0 Å². The highest BCUT2D eigenvalue weighted by atomic mass is 16.5. The van der Waals surface area contributed by atoms with Crippen LogP contribution in [-0.4, -0.2) is 43.5 Å². The van der Waals surface area contributed by atoms with Gasteiger partial charge in [0.15, 0.2) is 17.5 Å². The van der Waals surface area contributed by atoms with Crippen molar-refractivity contribution in [3.8, 4) is 11.5 Å². The Hall–Kier alpha value is -3.22. The molecule has 2 aromatic carbocycles. The lowest BCUT2D eigenvalue weighted by atomic mass is 9.95. The van der Waals surface area contributed by atoms with Gasteiger partial charge in [-0.25, -0.2) is 4.99 Å². The Labute approximate surface area is 190 Å². The standard InChI is InChI=1S/C25H34N4O3/c1-3-27-25(29-13-7-10-21(17-29)15-24(26)30)28-16-20-11-12-22(23(14-20)31-2)32-18-19-8-5-4-6-9-19/h4-6,8-9,11-12,14,21H,3,7,10,13,15-18H2,1-2H3,(H2,26,30)(H,27,28). The zero-order valence-electron chi connectivity index (χ0n) is 19.0. The molecule has 32 heavy (non-hydrogen) atoms. The second kappa shape index (κ2) is 12.0. The number of carbonyl (C=O) groups excluding carboxylic acids is 1.